The molecule has 0 saturated carbocycles. The summed E-state index contributed by atoms with van der Waals surface area (Å²) in [5.41, 5.74) is 0.0527. The first kappa shape index (κ1) is 8.62. The third-order valence-corrected chi connectivity index (χ3v) is 4.34. The van der Waals surface area contributed by atoms with Gasteiger partial charge in [-0.15, -0.1) is 11.3 Å². The Morgan fingerprint density at radius 1 is 1.40 bits per heavy atom. The highest BCUT2D eigenvalue weighted by molar-refractivity contribution is 9.13. The van der Waals surface area contributed by atoms with Crippen molar-refractivity contribution < 1.29 is 8.78 Å². The molecule has 0 radical (unpaired) electrons. The number of alkyl halides is 2. The molecule has 0 amide bonds. The Morgan fingerprint density at radius 3 is 2.20 bits per heavy atom. The molecule has 5 heteroatoms. The van der Waals surface area contributed by atoms with Crippen LogP contribution in [0.1, 0.15) is 12.0 Å². The van der Waals surface area contributed by atoms with Crippen molar-refractivity contribution in [1.82, 2.24) is 0 Å². The maximum atomic E-state index is 12.0. The van der Waals surface area contributed by atoms with Crippen LogP contribution in [0.5, 0.6) is 0 Å². The van der Waals surface area contributed by atoms with E-state index in [9.17, 15) is 8.78 Å². The first-order valence-electron chi connectivity index (χ1n) is 2.33. The number of halogens is 4. The van der Waals surface area contributed by atoms with Crippen LogP contribution in [-0.4, -0.2) is 0 Å². The Kier molecular flexibility index (Phi) is 2.82. The van der Waals surface area contributed by atoms with E-state index < -0.39 is 6.43 Å². The summed E-state index contributed by atoms with van der Waals surface area (Å²) in [6.45, 7) is 0. The van der Waals surface area contributed by atoms with Crippen molar-refractivity contribution in [1.29, 1.82) is 0 Å². The van der Waals surface area contributed by atoms with Crippen LogP contribution in [0.4, 0.5) is 8.78 Å². The lowest BCUT2D eigenvalue weighted by molar-refractivity contribution is 0.151. The van der Waals surface area contributed by atoms with Crippen molar-refractivity contribution in [2.45, 2.75) is 6.43 Å². The molecule has 0 fully saturated rings. The van der Waals surface area contributed by atoms with Gasteiger partial charge in [0.2, 0.25) is 0 Å². The summed E-state index contributed by atoms with van der Waals surface area (Å²) in [6.07, 6.45) is -2.39. The number of rotatable bonds is 1. The second kappa shape index (κ2) is 3.28. The molecule has 0 aliphatic rings. The molecule has 0 nitrogen and oxygen atoms in total. The zero-order valence-electron chi connectivity index (χ0n) is 4.57. The van der Waals surface area contributed by atoms with Gasteiger partial charge in [0.25, 0.3) is 6.43 Å². The largest absolute Gasteiger partial charge is 0.265 e. The molecular formula is C5H2Br2F2S. The van der Waals surface area contributed by atoms with Gasteiger partial charge in [-0.2, -0.15) is 0 Å². The summed E-state index contributed by atoms with van der Waals surface area (Å²) >= 11 is 7.41. The lowest BCUT2D eigenvalue weighted by Gasteiger charge is -1.93. The molecule has 56 valence electrons. The van der Waals surface area contributed by atoms with Crippen LogP contribution in [0.3, 0.4) is 0 Å². The molecule has 0 spiro atoms. The van der Waals surface area contributed by atoms with Crippen LogP contribution in [0.25, 0.3) is 0 Å². The molecule has 1 aromatic heterocycles. The molecule has 10 heavy (non-hydrogen) atoms. The topological polar surface area (TPSA) is 0 Å². The van der Waals surface area contributed by atoms with E-state index in [1.165, 1.54) is 16.7 Å². The highest BCUT2D eigenvalue weighted by Gasteiger charge is 2.14. The molecular weight excluding hydrogens is 290 g/mol. The quantitative estimate of drug-likeness (QED) is 0.727. The standard InChI is InChI=1S/C5H2Br2F2S/c6-3-2(5(8)9)1-10-4(3)7/h1,5H. The van der Waals surface area contributed by atoms with Crippen LogP contribution in [0.2, 0.25) is 0 Å². The van der Waals surface area contributed by atoms with Gasteiger partial charge in [0.05, 0.1) is 8.26 Å². The number of hydrogen-bond donors (Lipinski definition) is 0. The smallest absolute Gasteiger partial charge is 0.205 e. The van der Waals surface area contributed by atoms with E-state index in [1.807, 2.05) is 0 Å². The minimum absolute atomic E-state index is 0.0527. The van der Waals surface area contributed by atoms with Crippen molar-refractivity contribution in [3.05, 3.63) is 19.2 Å². The summed E-state index contributed by atoms with van der Waals surface area (Å²) in [4.78, 5) is 0. The summed E-state index contributed by atoms with van der Waals surface area (Å²) in [6, 6.07) is 0. The monoisotopic (exact) mass is 290 g/mol. The van der Waals surface area contributed by atoms with E-state index in [2.05, 4.69) is 31.9 Å². The second-order valence-electron chi connectivity index (χ2n) is 1.58. The molecule has 0 aliphatic carbocycles. The van der Waals surface area contributed by atoms with Crippen molar-refractivity contribution in [2.75, 3.05) is 0 Å². The fourth-order valence-corrected chi connectivity index (χ4v) is 2.38. The fraction of sp³-hybridized carbons (Fsp3) is 0.200. The summed E-state index contributed by atoms with van der Waals surface area (Å²) in [7, 11) is 0. The zero-order chi connectivity index (χ0) is 7.72. The lowest BCUT2D eigenvalue weighted by atomic mass is 10.4. The van der Waals surface area contributed by atoms with Crippen LogP contribution in [0.15, 0.2) is 13.6 Å². The Bertz CT molecular complexity index is 234. The van der Waals surface area contributed by atoms with E-state index in [-0.39, 0.29) is 5.56 Å². The third kappa shape index (κ3) is 1.57. The van der Waals surface area contributed by atoms with Crippen molar-refractivity contribution >= 4 is 43.2 Å². The van der Waals surface area contributed by atoms with Crippen LogP contribution in [0, 0.1) is 0 Å². The molecule has 0 bridgehead atoms. The average Bonchev–Trinajstić information content (AvgIpc) is 2.14. The van der Waals surface area contributed by atoms with Gasteiger partial charge in [0, 0.05) is 10.9 Å². The molecule has 1 aromatic rings. The summed E-state index contributed by atoms with van der Waals surface area (Å²) in [5.74, 6) is 0. The SMILES string of the molecule is FC(F)c1csc(Br)c1Br. The van der Waals surface area contributed by atoms with Gasteiger partial charge in [-0.1, -0.05) is 0 Å². The van der Waals surface area contributed by atoms with Gasteiger partial charge in [-0.25, -0.2) is 8.78 Å². The van der Waals surface area contributed by atoms with E-state index >= 15 is 0 Å². The maximum Gasteiger partial charge on any atom is 0.265 e. The fourth-order valence-electron chi connectivity index (χ4n) is 0.479. The summed E-state index contributed by atoms with van der Waals surface area (Å²) < 4.78 is 25.2. The molecule has 0 aromatic carbocycles. The molecule has 0 atom stereocenters. The molecule has 0 unspecified atom stereocenters. The highest BCUT2D eigenvalue weighted by Crippen LogP contribution is 2.37. The second-order valence-corrected chi connectivity index (χ2v) is 4.57. The Labute approximate surface area is 77.5 Å². The van der Waals surface area contributed by atoms with Gasteiger partial charge < -0.3 is 0 Å². The molecule has 0 N–H and O–H groups in total. The van der Waals surface area contributed by atoms with Gasteiger partial charge in [0.1, 0.15) is 0 Å². The first-order valence-corrected chi connectivity index (χ1v) is 4.80. The zero-order valence-corrected chi connectivity index (χ0v) is 8.56. The number of thiophene rings is 1. The molecule has 1 rings (SSSR count). The molecule has 0 saturated heterocycles. The third-order valence-electron chi connectivity index (χ3n) is 0.950. The highest BCUT2D eigenvalue weighted by atomic mass is 79.9. The van der Waals surface area contributed by atoms with E-state index in [0.29, 0.717) is 8.26 Å². The molecule has 0 aliphatic heterocycles. The molecule has 1 heterocycles. The van der Waals surface area contributed by atoms with Crippen LogP contribution < -0.4 is 0 Å². The minimum atomic E-state index is -2.39. The first-order chi connectivity index (χ1) is 4.63. The van der Waals surface area contributed by atoms with E-state index in [4.69, 9.17) is 0 Å². The van der Waals surface area contributed by atoms with E-state index in [0.717, 1.165) is 0 Å². The van der Waals surface area contributed by atoms with Crippen molar-refractivity contribution in [3.8, 4) is 0 Å². The van der Waals surface area contributed by atoms with Gasteiger partial charge in [-0.05, 0) is 31.9 Å². The van der Waals surface area contributed by atoms with Crippen molar-refractivity contribution in [3.63, 3.8) is 0 Å². The minimum Gasteiger partial charge on any atom is -0.205 e. The van der Waals surface area contributed by atoms with Crippen LogP contribution >= 0.6 is 43.2 Å². The van der Waals surface area contributed by atoms with Gasteiger partial charge in [-0.3, -0.25) is 0 Å². The van der Waals surface area contributed by atoms with E-state index in [1.54, 1.807) is 0 Å². The van der Waals surface area contributed by atoms with Gasteiger partial charge in [0.15, 0.2) is 0 Å². The normalized spacial score (nSPS) is 10.9. The Hall–Kier alpha value is 0.520. The van der Waals surface area contributed by atoms with Crippen molar-refractivity contribution in [2.24, 2.45) is 0 Å². The summed E-state index contributed by atoms with van der Waals surface area (Å²) in [5, 5.41) is 1.43. The average molecular weight is 292 g/mol. The predicted octanol–water partition coefficient (Wildman–Crippen LogP) is 4.21. The Morgan fingerprint density at radius 2 is 2.00 bits per heavy atom. The maximum absolute atomic E-state index is 12.0. The predicted molar refractivity (Wildman–Crippen MR) is 44.7 cm³/mol. The van der Waals surface area contributed by atoms with Crippen LogP contribution in [-0.2, 0) is 0 Å². The lowest BCUT2D eigenvalue weighted by Crippen LogP contribution is -1.78. The van der Waals surface area contributed by atoms with Gasteiger partial charge >= 0.3 is 0 Å². The Balaban J connectivity index is 3.05. The number of hydrogen-bond acceptors (Lipinski definition) is 1.